The molecule has 1 aliphatic rings. The first-order valence-corrected chi connectivity index (χ1v) is 6.21. The summed E-state index contributed by atoms with van der Waals surface area (Å²) in [4.78, 5) is 4.39. The molecule has 1 atom stereocenters. The van der Waals surface area contributed by atoms with Crippen molar-refractivity contribution in [2.45, 2.75) is 32.4 Å². The number of guanidine groups is 1. The van der Waals surface area contributed by atoms with Crippen LogP contribution in [-0.4, -0.2) is 24.7 Å². The van der Waals surface area contributed by atoms with Crippen LogP contribution in [0.3, 0.4) is 0 Å². The zero-order valence-corrected chi connectivity index (χ0v) is 10.8. The summed E-state index contributed by atoms with van der Waals surface area (Å²) >= 11 is 0. The number of hydrogen-bond donors (Lipinski definition) is 3. The van der Waals surface area contributed by atoms with Gasteiger partial charge in [0.2, 0.25) is 5.96 Å². The highest BCUT2D eigenvalue weighted by molar-refractivity contribution is 5.79. The Hall–Kier alpha value is -1.75. The van der Waals surface area contributed by atoms with Crippen molar-refractivity contribution in [2.75, 3.05) is 6.54 Å². The van der Waals surface area contributed by atoms with E-state index in [0.29, 0.717) is 18.5 Å². The Morgan fingerprint density at radius 1 is 1.50 bits per heavy atom. The van der Waals surface area contributed by atoms with E-state index in [-0.39, 0.29) is 6.10 Å². The Bertz CT molecular complexity index is 406. The summed E-state index contributed by atoms with van der Waals surface area (Å²) in [6, 6.07) is 8.39. The molecule has 0 amide bonds. The molecule has 0 bridgehead atoms. The minimum atomic E-state index is 0.0970. The van der Waals surface area contributed by atoms with Crippen LogP contribution in [0.15, 0.2) is 29.3 Å². The molecule has 1 aliphatic heterocycles. The van der Waals surface area contributed by atoms with Crippen molar-refractivity contribution < 1.29 is 4.74 Å². The zero-order chi connectivity index (χ0) is 13.0. The lowest BCUT2D eigenvalue weighted by Crippen LogP contribution is -2.45. The fourth-order valence-corrected chi connectivity index (χ4v) is 1.96. The second-order valence-electron chi connectivity index (χ2n) is 4.68. The number of rotatable bonds is 3. The van der Waals surface area contributed by atoms with Gasteiger partial charge in [0.1, 0.15) is 11.9 Å². The van der Waals surface area contributed by atoms with Crippen LogP contribution in [0, 0.1) is 0 Å². The second kappa shape index (κ2) is 5.73. The van der Waals surface area contributed by atoms with Gasteiger partial charge in [-0.25, -0.2) is 10.8 Å². The Kier molecular flexibility index (Phi) is 4.04. The van der Waals surface area contributed by atoms with Crippen LogP contribution in [0.5, 0.6) is 5.75 Å². The number of benzene rings is 1. The maximum atomic E-state index is 5.80. The molecule has 1 heterocycles. The monoisotopic (exact) mass is 248 g/mol. The third kappa shape index (κ3) is 3.13. The van der Waals surface area contributed by atoms with Gasteiger partial charge >= 0.3 is 0 Å². The van der Waals surface area contributed by atoms with Gasteiger partial charge in [-0.1, -0.05) is 18.2 Å². The van der Waals surface area contributed by atoms with Crippen LogP contribution in [0.25, 0.3) is 0 Å². The predicted molar refractivity (Wildman–Crippen MR) is 72.5 cm³/mol. The Morgan fingerprint density at radius 2 is 2.28 bits per heavy atom. The number of hydrazine groups is 1. The van der Waals surface area contributed by atoms with E-state index in [1.165, 1.54) is 5.56 Å². The number of nitrogens with one attached hydrogen (secondary N) is 2. The van der Waals surface area contributed by atoms with Gasteiger partial charge in [0.25, 0.3) is 0 Å². The van der Waals surface area contributed by atoms with Gasteiger partial charge in [-0.05, 0) is 25.5 Å². The number of fused-ring (bicyclic) bond motifs is 1. The number of nitrogens with two attached hydrogens (primary N) is 1. The standard InChI is InChI=1S/C13H20N4O/c1-9(2)16-13(17-14)15-8-11-7-10-5-3-4-6-12(10)18-11/h3-6,9,11H,7-8,14H2,1-2H3,(H2,15,16,17). The van der Waals surface area contributed by atoms with E-state index >= 15 is 0 Å². The lowest BCUT2D eigenvalue weighted by Gasteiger charge is -2.13. The van der Waals surface area contributed by atoms with E-state index in [1.807, 2.05) is 32.0 Å². The third-order valence-electron chi connectivity index (χ3n) is 2.73. The van der Waals surface area contributed by atoms with Crippen LogP contribution < -0.4 is 21.3 Å². The highest BCUT2D eigenvalue weighted by atomic mass is 16.5. The Morgan fingerprint density at radius 3 is 2.94 bits per heavy atom. The minimum absolute atomic E-state index is 0.0970. The van der Waals surface area contributed by atoms with Crippen molar-refractivity contribution in [1.29, 1.82) is 0 Å². The normalized spacial score (nSPS) is 18.4. The molecule has 0 aliphatic carbocycles. The second-order valence-corrected chi connectivity index (χ2v) is 4.68. The van der Waals surface area contributed by atoms with Crippen molar-refractivity contribution in [3.05, 3.63) is 29.8 Å². The van der Waals surface area contributed by atoms with E-state index in [1.54, 1.807) is 0 Å². The summed E-state index contributed by atoms with van der Waals surface area (Å²) in [7, 11) is 0. The van der Waals surface area contributed by atoms with Gasteiger partial charge < -0.3 is 10.1 Å². The fraction of sp³-hybridized carbons (Fsp3) is 0.462. The van der Waals surface area contributed by atoms with Gasteiger partial charge in [-0.15, -0.1) is 0 Å². The molecular weight excluding hydrogens is 228 g/mol. The summed E-state index contributed by atoms with van der Waals surface area (Å²) in [5, 5.41) is 3.13. The molecule has 2 rings (SSSR count). The molecule has 0 radical (unpaired) electrons. The topological polar surface area (TPSA) is 71.7 Å². The van der Waals surface area contributed by atoms with E-state index in [2.05, 4.69) is 21.8 Å². The van der Waals surface area contributed by atoms with E-state index in [9.17, 15) is 0 Å². The number of para-hydroxylation sites is 1. The molecule has 5 nitrogen and oxygen atoms in total. The van der Waals surface area contributed by atoms with E-state index in [4.69, 9.17) is 10.6 Å². The highest BCUT2D eigenvalue weighted by Crippen LogP contribution is 2.27. The molecule has 5 heteroatoms. The molecular formula is C13H20N4O. The van der Waals surface area contributed by atoms with Crippen molar-refractivity contribution >= 4 is 5.96 Å². The molecule has 1 unspecified atom stereocenters. The third-order valence-corrected chi connectivity index (χ3v) is 2.73. The molecule has 0 saturated heterocycles. The largest absolute Gasteiger partial charge is 0.488 e. The molecule has 18 heavy (non-hydrogen) atoms. The molecule has 4 N–H and O–H groups in total. The number of hydrogen-bond acceptors (Lipinski definition) is 3. The first-order valence-electron chi connectivity index (χ1n) is 6.21. The van der Waals surface area contributed by atoms with Gasteiger partial charge in [0.15, 0.2) is 0 Å². The van der Waals surface area contributed by atoms with Gasteiger partial charge in [0, 0.05) is 12.5 Å². The molecule has 0 aromatic heterocycles. The van der Waals surface area contributed by atoms with Crippen molar-refractivity contribution in [1.82, 2.24) is 10.7 Å². The average molecular weight is 248 g/mol. The van der Waals surface area contributed by atoms with Crippen LogP contribution in [0.2, 0.25) is 0 Å². The summed E-state index contributed by atoms with van der Waals surface area (Å²) in [5.74, 6) is 6.98. The first-order chi connectivity index (χ1) is 8.69. The smallest absolute Gasteiger partial charge is 0.206 e. The summed E-state index contributed by atoms with van der Waals surface area (Å²) in [6.07, 6.45) is 0.999. The lowest BCUT2D eigenvalue weighted by atomic mass is 10.1. The predicted octanol–water partition coefficient (Wildman–Crippen LogP) is 0.807. The minimum Gasteiger partial charge on any atom is -0.488 e. The van der Waals surface area contributed by atoms with Crippen molar-refractivity contribution in [2.24, 2.45) is 10.8 Å². The molecule has 0 spiro atoms. The van der Waals surface area contributed by atoms with E-state index < -0.39 is 0 Å². The summed E-state index contributed by atoms with van der Waals surface area (Å²) in [5.41, 5.74) is 3.81. The Balaban J connectivity index is 1.91. The summed E-state index contributed by atoms with van der Waals surface area (Å²) < 4.78 is 5.80. The quantitative estimate of drug-likeness (QED) is 0.320. The first kappa shape index (κ1) is 12.7. The van der Waals surface area contributed by atoms with Gasteiger partial charge in [-0.2, -0.15) is 0 Å². The number of aliphatic imine (C=N–C) groups is 1. The SMILES string of the molecule is CC(C)NC(=NCC1Cc2ccccc2O1)NN. The maximum absolute atomic E-state index is 5.80. The molecule has 98 valence electrons. The highest BCUT2D eigenvalue weighted by Gasteiger charge is 2.21. The average Bonchev–Trinajstić information content (AvgIpc) is 2.76. The van der Waals surface area contributed by atoms with Crippen molar-refractivity contribution in [3.8, 4) is 5.75 Å². The summed E-state index contributed by atoms with van der Waals surface area (Å²) in [6.45, 7) is 4.66. The number of ether oxygens (including phenoxy) is 1. The molecule has 1 aromatic rings. The molecule has 0 fully saturated rings. The Labute approximate surface area is 107 Å². The van der Waals surface area contributed by atoms with Crippen molar-refractivity contribution in [3.63, 3.8) is 0 Å². The molecule has 0 saturated carbocycles. The number of nitrogens with zero attached hydrogens (tertiary/aromatic N) is 1. The van der Waals surface area contributed by atoms with Gasteiger partial charge in [0.05, 0.1) is 6.54 Å². The van der Waals surface area contributed by atoms with E-state index in [0.717, 1.165) is 12.2 Å². The lowest BCUT2D eigenvalue weighted by molar-refractivity contribution is 0.241. The van der Waals surface area contributed by atoms with Crippen LogP contribution in [-0.2, 0) is 6.42 Å². The maximum Gasteiger partial charge on any atom is 0.206 e. The van der Waals surface area contributed by atoms with Crippen LogP contribution in [0.4, 0.5) is 0 Å². The fourth-order valence-electron chi connectivity index (χ4n) is 1.96. The van der Waals surface area contributed by atoms with Gasteiger partial charge in [-0.3, -0.25) is 5.43 Å². The van der Waals surface area contributed by atoms with Crippen LogP contribution in [0.1, 0.15) is 19.4 Å². The zero-order valence-electron chi connectivity index (χ0n) is 10.8. The van der Waals surface area contributed by atoms with Crippen LogP contribution >= 0.6 is 0 Å². The molecule has 1 aromatic carbocycles.